The lowest BCUT2D eigenvalue weighted by Crippen LogP contribution is -2.32. The first-order valence-corrected chi connectivity index (χ1v) is 17.9. The van der Waals surface area contributed by atoms with Gasteiger partial charge in [-0.15, -0.1) is 0 Å². The first-order chi connectivity index (χ1) is 25.3. The van der Waals surface area contributed by atoms with Crippen LogP contribution in [0, 0.1) is 0 Å². The Morgan fingerprint density at radius 2 is 1.02 bits per heavy atom. The molecule has 0 N–H and O–H groups in total. The predicted molar refractivity (Wildman–Crippen MR) is 205 cm³/mol. The summed E-state index contributed by atoms with van der Waals surface area (Å²) in [4.78, 5) is 17.5. The Kier molecular flexibility index (Phi) is 6.07. The van der Waals surface area contributed by atoms with Crippen molar-refractivity contribution >= 4 is 33.7 Å². The van der Waals surface area contributed by atoms with Crippen molar-refractivity contribution in [1.29, 1.82) is 0 Å². The normalized spacial score (nSPS) is 15.5. The third kappa shape index (κ3) is 4.07. The van der Waals surface area contributed by atoms with Crippen LogP contribution in [0.4, 0.5) is 0 Å². The number of hydrogen-bond donors (Lipinski definition) is 0. The van der Waals surface area contributed by atoms with Crippen molar-refractivity contribution in [1.82, 2.24) is 15.0 Å². The van der Waals surface area contributed by atoms with Crippen molar-refractivity contribution in [2.24, 2.45) is 0 Å². The third-order valence-electron chi connectivity index (χ3n) is 10.4. The SMILES string of the molecule is c1ccc(-c2nc(-c3ccccc3)nc(-c3ccc4c(c3)Sc3ccccc3C43c4ccccc4-c4c3ccc3oc5ccccc5c43)n2)cc1. The molecule has 2 aromatic heterocycles. The van der Waals surface area contributed by atoms with E-state index in [1.807, 2.05) is 78.5 Å². The molecule has 0 fully saturated rings. The van der Waals surface area contributed by atoms with Gasteiger partial charge < -0.3 is 4.42 Å². The van der Waals surface area contributed by atoms with E-state index in [0.717, 1.165) is 33.2 Å². The van der Waals surface area contributed by atoms with Crippen LogP contribution < -0.4 is 0 Å². The molecule has 1 aliphatic heterocycles. The number of aromatic nitrogens is 3. The highest BCUT2D eigenvalue weighted by Crippen LogP contribution is 2.63. The minimum atomic E-state index is -0.516. The largest absolute Gasteiger partial charge is 0.456 e. The van der Waals surface area contributed by atoms with E-state index in [-0.39, 0.29) is 0 Å². The molecule has 0 amide bonds. The molecule has 0 radical (unpaired) electrons. The Hall–Kier alpha value is -6.30. The van der Waals surface area contributed by atoms with Crippen molar-refractivity contribution in [2.75, 3.05) is 0 Å². The summed E-state index contributed by atoms with van der Waals surface area (Å²) in [5.74, 6) is 1.96. The van der Waals surface area contributed by atoms with Crippen LogP contribution in [0.3, 0.4) is 0 Å². The molecule has 3 heterocycles. The second-order valence-electron chi connectivity index (χ2n) is 13.1. The second-order valence-corrected chi connectivity index (χ2v) is 14.2. The summed E-state index contributed by atoms with van der Waals surface area (Å²) in [6.45, 7) is 0. The van der Waals surface area contributed by atoms with E-state index in [4.69, 9.17) is 19.4 Å². The van der Waals surface area contributed by atoms with E-state index in [1.165, 1.54) is 48.6 Å². The van der Waals surface area contributed by atoms with Gasteiger partial charge in [-0.3, -0.25) is 0 Å². The molecule has 1 aliphatic carbocycles. The van der Waals surface area contributed by atoms with Gasteiger partial charge >= 0.3 is 0 Å². The number of hydrogen-bond acceptors (Lipinski definition) is 5. The third-order valence-corrected chi connectivity index (χ3v) is 11.5. The van der Waals surface area contributed by atoms with Crippen LogP contribution in [0.1, 0.15) is 22.3 Å². The van der Waals surface area contributed by atoms with Crippen molar-refractivity contribution < 1.29 is 4.42 Å². The maximum absolute atomic E-state index is 6.43. The average Bonchev–Trinajstić information content (AvgIpc) is 3.72. The Balaban J connectivity index is 1.18. The zero-order valence-electron chi connectivity index (χ0n) is 27.2. The lowest BCUT2D eigenvalue weighted by molar-refractivity contribution is 0.668. The van der Waals surface area contributed by atoms with Crippen LogP contribution in [0.15, 0.2) is 178 Å². The second kappa shape index (κ2) is 10.8. The number of fused-ring (bicyclic) bond motifs is 13. The number of rotatable bonds is 3. The summed E-state index contributed by atoms with van der Waals surface area (Å²) < 4.78 is 6.43. The van der Waals surface area contributed by atoms with Gasteiger partial charge in [0, 0.05) is 37.3 Å². The quantitative estimate of drug-likeness (QED) is 0.187. The first-order valence-electron chi connectivity index (χ1n) is 17.1. The van der Waals surface area contributed by atoms with Gasteiger partial charge in [0.2, 0.25) is 0 Å². The van der Waals surface area contributed by atoms with Crippen LogP contribution in [-0.2, 0) is 5.41 Å². The molecule has 2 aliphatic rings. The Labute approximate surface area is 298 Å². The molecule has 51 heavy (non-hydrogen) atoms. The summed E-state index contributed by atoms with van der Waals surface area (Å²) in [6, 6.07) is 57.8. The summed E-state index contributed by atoms with van der Waals surface area (Å²) in [5, 5.41) is 2.32. The molecule has 238 valence electrons. The Bertz CT molecular complexity index is 2790. The number of furan rings is 1. The molecule has 9 aromatic rings. The van der Waals surface area contributed by atoms with E-state index in [0.29, 0.717) is 17.5 Å². The van der Waals surface area contributed by atoms with Crippen molar-refractivity contribution in [2.45, 2.75) is 15.2 Å². The van der Waals surface area contributed by atoms with Crippen LogP contribution in [0.2, 0.25) is 0 Å². The maximum Gasteiger partial charge on any atom is 0.164 e. The van der Waals surface area contributed by atoms with Gasteiger partial charge in [0.05, 0.1) is 5.41 Å². The lowest BCUT2D eigenvalue weighted by atomic mass is 9.67. The fraction of sp³-hybridized carbons (Fsp3) is 0.0217. The molecular weight excluding hydrogens is 643 g/mol. The molecule has 1 atom stereocenters. The van der Waals surface area contributed by atoms with E-state index in [1.54, 1.807) is 0 Å². The molecule has 0 saturated carbocycles. The molecule has 0 saturated heterocycles. The Morgan fingerprint density at radius 3 is 1.78 bits per heavy atom. The summed E-state index contributed by atoms with van der Waals surface area (Å²) in [7, 11) is 0. The first kappa shape index (κ1) is 28.5. The fourth-order valence-corrected chi connectivity index (χ4v) is 9.52. The zero-order chi connectivity index (χ0) is 33.5. The Morgan fingerprint density at radius 1 is 0.431 bits per heavy atom. The van der Waals surface area contributed by atoms with Crippen LogP contribution in [0.5, 0.6) is 0 Å². The summed E-state index contributed by atoms with van der Waals surface area (Å²) in [6.07, 6.45) is 0. The highest BCUT2D eigenvalue weighted by Gasteiger charge is 2.51. The van der Waals surface area contributed by atoms with Crippen molar-refractivity contribution in [3.8, 4) is 45.3 Å². The van der Waals surface area contributed by atoms with E-state index >= 15 is 0 Å². The summed E-state index contributed by atoms with van der Waals surface area (Å²) >= 11 is 1.82. The average molecular weight is 670 g/mol. The minimum absolute atomic E-state index is 0.516. The van der Waals surface area contributed by atoms with E-state index in [9.17, 15) is 0 Å². The van der Waals surface area contributed by atoms with Gasteiger partial charge in [0.25, 0.3) is 0 Å². The molecule has 5 heteroatoms. The smallest absolute Gasteiger partial charge is 0.164 e. The highest BCUT2D eigenvalue weighted by molar-refractivity contribution is 7.99. The van der Waals surface area contributed by atoms with E-state index < -0.39 is 5.41 Å². The van der Waals surface area contributed by atoms with Crippen LogP contribution >= 0.6 is 11.8 Å². The van der Waals surface area contributed by atoms with Gasteiger partial charge in [-0.1, -0.05) is 151 Å². The standard InChI is InChI=1S/C46H27N3OS/c1-3-13-28(14-4-1)43-47-44(29-15-5-2-6-16-29)49-45(48-43)30-23-24-35-40(27-30)51-39-22-12-10-20-34(39)46(35)33-19-9-7-17-31(33)41-36(46)25-26-38-42(41)32-18-8-11-21-37(32)50-38/h1-27H. The number of para-hydroxylation sites is 1. The lowest BCUT2D eigenvalue weighted by Gasteiger charge is -2.39. The van der Waals surface area contributed by atoms with Gasteiger partial charge in [0.1, 0.15) is 11.2 Å². The molecule has 11 rings (SSSR count). The van der Waals surface area contributed by atoms with E-state index in [2.05, 4.69) is 97.1 Å². The topological polar surface area (TPSA) is 51.8 Å². The van der Waals surface area contributed by atoms with Gasteiger partial charge in [-0.05, 0) is 57.6 Å². The fourth-order valence-electron chi connectivity index (χ4n) is 8.28. The van der Waals surface area contributed by atoms with Gasteiger partial charge in [0.15, 0.2) is 17.5 Å². The van der Waals surface area contributed by atoms with Gasteiger partial charge in [-0.25, -0.2) is 15.0 Å². The maximum atomic E-state index is 6.43. The minimum Gasteiger partial charge on any atom is -0.456 e. The number of nitrogens with zero attached hydrogens (tertiary/aromatic N) is 3. The predicted octanol–water partition coefficient (Wildman–Crippen LogP) is 11.6. The highest BCUT2D eigenvalue weighted by atomic mass is 32.2. The van der Waals surface area contributed by atoms with Crippen molar-refractivity contribution in [3.63, 3.8) is 0 Å². The summed E-state index contributed by atoms with van der Waals surface area (Å²) in [5.41, 5.74) is 11.8. The molecule has 7 aromatic carbocycles. The molecule has 0 bridgehead atoms. The van der Waals surface area contributed by atoms with Gasteiger partial charge in [-0.2, -0.15) is 0 Å². The molecule has 4 nitrogen and oxygen atoms in total. The van der Waals surface area contributed by atoms with Crippen LogP contribution in [-0.4, -0.2) is 15.0 Å². The molecular formula is C46H27N3OS. The molecule has 1 spiro atoms. The zero-order valence-corrected chi connectivity index (χ0v) is 28.1. The molecule has 1 unspecified atom stereocenters. The van der Waals surface area contributed by atoms with Crippen LogP contribution in [0.25, 0.3) is 67.2 Å². The van der Waals surface area contributed by atoms with Crippen molar-refractivity contribution in [3.05, 3.63) is 186 Å². The monoisotopic (exact) mass is 669 g/mol. The number of benzene rings is 7.